The van der Waals surface area contributed by atoms with Crippen LogP contribution in [0.1, 0.15) is 44.0 Å². The quantitative estimate of drug-likeness (QED) is 0.782. The lowest BCUT2D eigenvalue weighted by Gasteiger charge is -2.24. The highest BCUT2D eigenvalue weighted by Crippen LogP contribution is 2.32. The van der Waals surface area contributed by atoms with Gasteiger partial charge in [-0.15, -0.1) is 0 Å². The van der Waals surface area contributed by atoms with Crippen molar-refractivity contribution in [2.75, 3.05) is 13.7 Å². The highest BCUT2D eigenvalue weighted by atomic mass is 35.5. The van der Waals surface area contributed by atoms with Gasteiger partial charge in [-0.05, 0) is 31.5 Å². The average Bonchev–Trinajstić information content (AvgIpc) is 2.79. The van der Waals surface area contributed by atoms with Crippen molar-refractivity contribution in [1.82, 2.24) is 4.90 Å². The lowest BCUT2D eigenvalue weighted by molar-refractivity contribution is 0.0998. The molecule has 2 atom stereocenters. The number of halogens is 1. The highest BCUT2D eigenvalue weighted by Gasteiger charge is 2.33. The van der Waals surface area contributed by atoms with Gasteiger partial charge >= 0.3 is 0 Å². The van der Waals surface area contributed by atoms with Gasteiger partial charge in [0.2, 0.25) is 0 Å². The summed E-state index contributed by atoms with van der Waals surface area (Å²) in [5, 5.41) is 1.71. The molecule has 126 valence electrons. The number of amidine groups is 1. The molecule has 2 rings (SSSR count). The summed E-state index contributed by atoms with van der Waals surface area (Å²) < 4.78 is 5.25. The molecule has 1 amide bonds. The van der Waals surface area contributed by atoms with Gasteiger partial charge in [-0.2, -0.15) is 4.99 Å². The zero-order valence-corrected chi connectivity index (χ0v) is 15.6. The number of carbonyl (C=O) groups excluding carboxylic acids is 1. The van der Waals surface area contributed by atoms with Gasteiger partial charge in [0.25, 0.3) is 5.91 Å². The van der Waals surface area contributed by atoms with Crippen molar-refractivity contribution in [3.63, 3.8) is 0 Å². The normalized spacial score (nSPS) is 22.7. The fraction of sp³-hybridized carbons (Fsp3) is 0.529. The molecular formula is C17H23ClN2O2S. The molecule has 0 aromatic heterocycles. The molecule has 6 heteroatoms. The molecule has 0 N–H and O–H groups in total. The van der Waals surface area contributed by atoms with Crippen LogP contribution in [0.4, 0.5) is 0 Å². The molecule has 1 heterocycles. The fourth-order valence-electron chi connectivity index (χ4n) is 2.47. The Morgan fingerprint density at radius 3 is 2.83 bits per heavy atom. The standard InChI is InChI=1S/C17H23ClN2O2S/c1-5-6-9-20-11(2)12(3)23-17(20)19-16(21)14-10-13(18)7-8-15(14)22-4/h7-8,10-12H,5-6,9H2,1-4H3/t11-,12+/m0/s1. The van der Waals surface area contributed by atoms with Gasteiger partial charge in [0.05, 0.1) is 12.7 Å². The van der Waals surface area contributed by atoms with Crippen molar-refractivity contribution in [2.24, 2.45) is 4.99 Å². The van der Waals surface area contributed by atoms with Gasteiger partial charge in [-0.25, -0.2) is 0 Å². The number of ether oxygens (including phenoxy) is 1. The van der Waals surface area contributed by atoms with Crippen LogP contribution in [-0.4, -0.2) is 40.9 Å². The van der Waals surface area contributed by atoms with Gasteiger partial charge < -0.3 is 9.64 Å². The number of nitrogens with zero attached hydrogens (tertiary/aromatic N) is 2. The first-order chi connectivity index (χ1) is 11.0. The van der Waals surface area contributed by atoms with E-state index in [1.807, 2.05) is 0 Å². The Labute approximate surface area is 147 Å². The molecule has 4 nitrogen and oxygen atoms in total. The maximum Gasteiger partial charge on any atom is 0.283 e. The predicted molar refractivity (Wildman–Crippen MR) is 97.9 cm³/mol. The van der Waals surface area contributed by atoms with Gasteiger partial charge in [-0.3, -0.25) is 4.79 Å². The molecule has 23 heavy (non-hydrogen) atoms. The van der Waals surface area contributed by atoms with Crippen LogP contribution >= 0.6 is 23.4 Å². The summed E-state index contributed by atoms with van der Waals surface area (Å²) in [6.45, 7) is 7.44. The number of carbonyl (C=O) groups is 1. The first-order valence-electron chi connectivity index (χ1n) is 7.87. The average molecular weight is 355 g/mol. The Morgan fingerprint density at radius 2 is 2.17 bits per heavy atom. The van der Waals surface area contributed by atoms with Gasteiger partial charge in [0.15, 0.2) is 5.17 Å². The maximum absolute atomic E-state index is 12.6. The van der Waals surface area contributed by atoms with Gasteiger partial charge in [0.1, 0.15) is 5.75 Å². The van der Waals surface area contributed by atoms with E-state index >= 15 is 0 Å². The van der Waals surface area contributed by atoms with Crippen molar-refractivity contribution in [3.8, 4) is 5.75 Å². The second-order valence-electron chi connectivity index (χ2n) is 5.65. The van der Waals surface area contributed by atoms with Gasteiger partial charge in [-0.1, -0.05) is 43.6 Å². The Bertz CT molecular complexity index is 606. The maximum atomic E-state index is 12.6. The SMILES string of the molecule is CCCCN1C(=NC(=O)c2cc(Cl)ccc2OC)S[C@H](C)[C@@H]1C. The minimum atomic E-state index is -0.311. The molecule has 0 spiro atoms. The highest BCUT2D eigenvalue weighted by molar-refractivity contribution is 8.14. The summed E-state index contributed by atoms with van der Waals surface area (Å²) in [6, 6.07) is 5.37. The smallest absolute Gasteiger partial charge is 0.283 e. The molecule has 1 aromatic rings. The number of hydrogen-bond donors (Lipinski definition) is 0. The molecule has 1 saturated heterocycles. The number of methoxy groups -OCH3 is 1. The molecular weight excluding hydrogens is 332 g/mol. The summed E-state index contributed by atoms with van der Waals surface area (Å²) in [7, 11) is 1.54. The number of aliphatic imine (C=N–C) groups is 1. The van der Waals surface area contributed by atoms with E-state index in [1.54, 1.807) is 30.0 Å². The monoisotopic (exact) mass is 354 g/mol. The second kappa shape index (κ2) is 8.06. The summed E-state index contributed by atoms with van der Waals surface area (Å²) in [5.41, 5.74) is 0.399. The Morgan fingerprint density at radius 1 is 1.43 bits per heavy atom. The molecule has 1 aliphatic heterocycles. The van der Waals surface area contributed by atoms with Crippen molar-refractivity contribution < 1.29 is 9.53 Å². The van der Waals surface area contributed by atoms with Crippen LogP contribution in [0.3, 0.4) is 0 Å². The second-order valence-corrected chi connectivity index (χ2v) is 7.44. The van der Waals surface area contributed by atoms with E-state index < -0.39 is 0 Å². The third kappa shape index (κ3) is 4.21. The van der Waals surface area contributed by atoms with E-state index in [1.165, 1.54) is 7.11 Å². The summed E-state index contributed by atoms with van der Waals surface area (Å²) in [5.74, 6) is 0.183. The van der Waals surface area contributed by atoms with Crippen molar-refractivity contribution >= 4 is 34.4 Å². The van der Waals surface area contributed by atoms with Crippen LogP contribution < -0.4 is 4.74 Å². The third-order valence-electron chi connectivity index (χ3n) is 4.05. The van der Waals surface area contributed by atoms with E-state index in [2.05, 4.69) is 30.7 Å². The molecule has 1 aliphatic rings. The predicted octanol–water partition coefficient (Wildman–Crippen LogP) is 4.47. The minimum absolute atomic E-state index is 0.311. The lowest BCUT2D eigenvalue weighted by Crippen LogP contribution is -2.35. The largest absolute Gasteiger partial charge is 0.496 e. The van der Waals surface area contributed by atoms with Crippen LogP contribution in [0.2, 0.25) is 5.02 Å². The Hall–Kier alpha value is -1.20. The van der Waals surface area contributed by atoms with Crippen LogP contribution in [0.25, 0.3) is 0 Å². The summed E-state index contributed by atoms with van der Waals surface area (Å²) in [4.78, 5) is 19.2. The van der Waals surface area contributed by atoms with E-state index in [4.69, 9.17) is 16.3 Å². The third-order valence-corrected chi connectivity index (χ3v) is 5.59. The molecule has 0 saturated carbocycles. The van der Waals surface area contributed by atoms with Crippen LogP contribution in [0.15, 0.2) is 23.2 Å². The zero-order valence-electron chi connectivity index (χ0n) is 14.0. The number of rotatable bonds is 5. The topological polar surface area (TPSA) is 41.9 Å². The van der Waals surface area contributed by atoms with Crippen molar-refractivity contribution in [2.45, 2.75) is 44.9 Å². The molecule has 0 bridgehead atoms. The molecule has 0 unspecified atom stereocenters. The number of hydrogen-bond acceptors (Lipinski definition) is 3. The molecule has 1 fully saturated rings. The first-order valence-corrected chi connectivity index (χ1v) is 9.13. The van der Waals surface area contributed by atoms with E-state index in [0.717, 1.165) is 24.6 Å². The number of unbranched alkanes of at least 4 members (excludes halogenated alkanes) is 1. The van der Waals surface area contributed by atoms with Gasteiger partial charge in [0, 0.05) is 22.9 Å². The van der Waals surface area contributed by atoms with Crippen molar-refractivity contribution in [3.05, 3.63) is 28.8 Å². The molecule has 0 radical (unpaired) electrons. The molecule has 1 aromatic carbocycles. The first kappa shape index (κ1) is 18.1. The van der Waals surface area contributed by atoms with Crippen molar-refractivity contribution in [1.29, 1.82) is 0 Å². The van der Waals surface area contributed by atoms with E-state index in [0.29, 0.717) is 27.6 Å². The lowest BCUT2D eigenvalue weighted by atomic mass is 10.2. The Balaban J connectivity index is 2.28. The fourth-order valence-corrected chi connectivity index (χ4v) is 3.85. The zero-order chi connectivity index (χ0) is 17.0. The van der Waals surface area contributed by atoms with Crippen LogP contribution in [0.5, 0.6) is 5.75 Å². The number of benzene rings is 1. The Kier molecular flexibility index (Phi) is 6.36. The van der Waals surface area contributed by atoms with E-state index in [9.17, 15) is 4.79 Å². The summed E-state index contributed by atoms with van der Waals surface area (Å²) in [6.07, 6.45) is 2.21. The van der Waals surface area contributed by atoms with Crippen LogP contribution in [0, 0.1) is 0 Å². The summed E-state index contributed by atoms with van der Waals surface area (Å²) >= 11 is 7.66. The van der Waals surface area contributed by atoms with Crippen LogP contribution in [-0.2, 0) is 0 Å². The molecule has 0 aliphatic carbocycles. The number of amides is 1. The van der Waals surface area contributed by atoms with E-state index in [-0.39, 0.29) is 5.91 Å². The minimum Gasteiger partial charge on any atom is -0.496 e. The number of thioether (sulfide) groups is 1.